The summed E-state index contributed by atoms with van der Waals surface area (Å²) in [6.45, 7) is 8.89. The van der Waals surface area contributed by atoms with Crippen LogP contribution in [0.4, 0.5) is 0 Å². The summed E-state index contributed by atoms with van der Waals surface area (Å²) in [5, 5.41) is 11.0. The fraction of sp³-hybridized carbons (Fsp3) is 0.643. The second-order valence-electron chi connectivity index (χ2n) is 5.93. The van der Waals surface area contributed by atoms with Crippen LogP contribution < -0.4 is 0 Å². The number of piperazine rings is 1. The first-order chi connectivity index (χ1) is 9.33. The molecule has 4 nitrogen and oxygen atoms in total. The van der Waals surface area contributed by atoms with Gasteiger partial charge in [-0.1, -0.05) is 23.2 Å². The van der Waals surface area contributed by atoms with Crippen LogP contribution in [0.25, 0.3) is 0 Å². The molecule has 1 N–H and O–H groups in total. The van der Waals surface area contributed by atoms with Crippen LogP contribution >= 0.6 is 23.2 Å². The Morgan fingerprint density at radius 3 is 2.35 bits per heavy atom. The molecule has 6 heteroatoms. The molecule has 0 aliphatic carbocycles. The van der Waals surface area contributed by atoms with Gasteiger partial charge in [0.25, 0.3) is 0 Å². The molecule has 2 rings (SSSR count). The molecule has 1 saturated heterocycles. The number of halogens is 2. The first-order valence-corrected chi connectivity index (χ1v) is 7.57. The van der Waals surface area contributed by atoms with Crippen molar-refractivity contribution in [1.29, 1.82) is 0 Å². The molecular weight excluding hydrogens is 297 g/mol. The average Bonchev–Trinajstić information content (AvgIpc) is 2.34. The van der Waals surface area contributed by atoms with Gasteiger partial charge in [0.2, 0.25) is 0 Å². The summed E-state index contributed by atoms with van der Waals surface area (Å²) in [4.78, 5) is 8.88. The Kier molecular flexibility index (Phi) is 5.26. The zero-order valence-electron chi connectivity index (χ0n) is 11.9. The molecule has 1 aliphatic rings. The van der Waals surface area contributed by atoms with E-state index in [4.69, 9.17) is 23.2 Å². The highest BCUT2D eigenvalue weighted by molar-refractivity contribution is 6.32. The van der Waals surface area contributed by atoms with E-state index in [0.717, 1.165) is 38.4 Å². The smallest absolute Gasteiger partial charge is 0.129 e. The fourth-order valence-corrected chi connectivity index (χ4v) is 2.76. The maximum Gasteiger partial charge on any atom is 0.129 e. The quantitative estimate of drug-likeness (QED) is 0.865. The van der Waals surface area contributed by atoms with Gasteiger partial charge in [-0.05, 0) is 26.0 Å². The molecule has 0 radical (unpaired) electrons. The third-order valence-corrected chi connectivity index (χ3v) is 3.89. The third-order valence-electron chi connectivity index (χ3n) is 3.33. The van der Waals surface area contributed by atoms with Crippen LogP contribution in [0.2, 0.25) is 10.2 Å². The van der Waals surface area contributed by atoms with Gasteiger partial charge in [0.15, 0.2) is 0 Å². The maximum atomic E-state index is 9.84. The highest BCUT2D eigenvalue weighted by atomic mass is 35.5. The fourth-order valence-electron chi connectivity index (χ4n) is 2.43. The Balaban J connectivity index is 1.87. The summed E-state index contributed by atoms with van der Waals surface area (Å²) in [5.74, 6) is 0. The topological polar surface area (TPSA) is 39.6 Å². The molecule has 0 spiro atoms. The van der Waals surface area contributed by atoms with Crippen molar-refractivity contribution in [1.82, 2.24) is 14.8 Å². The molecule has 1 aromatic rings. The van der Waals surface area contributed by atoms with E-state index in [1.165, 1.54) is 0 Å². The van der Waals surface area contributed by atoms with Gasteiger partial charge in [-0.3, -0.25) is 9.80 Å². The van der Waals surface area contributed by atoms with Crippen LogP contribution in [-0.2, 0) is 6.54 Å². The molecule has 1 aliphatic heterocycles. The molecule has 0 unspecified atom stereocenters. The minimum Gasteiger partial charge on any atom is -0.389 e. The lowest BCUT2D eigenvalue weighted by Gasteiger charge is -2.37. The molecule has 0 bridgehead atoms. The summed E-state index contributed by atoms with van der Waals surface area (Å²) in [7, 11) is 0. The normalized spacial score (nSPS) is 18.4. The summed E-state index contributed by atoms with van der Waals surface area (Å²) < 4.78 is 0. The van der Waals surface area contributed by atoms with Crippen molar-refractivity contribution in [2.24, 2.45) is 0 Å². The van der Waals surface area contributed by atoms with Crippen molar-refractivity contribution in [2.75, 3.05) is 32.7 Å². The van der Waals surface area contributed by atoms with Crippen molar-refractivity contribution in [2.45, 2.75) is 26.0 Å². The molecule has 1 aromatic heterocycles. The molecule has 0 saturated carbocycles. The number of nitrogens with zero attached hydrogens (tertiary/aromatic N) is 3. The first-order valence-electron chi connectivity index (χ1n) is 6.81. The number of hydrogen-bond donors (Lipinski definition) is 1. The summed E-state index contributed by atoms with van der Waals surface area (Å²) in [5.41, 5.74) is 0.190. The SMILES string of the molecule is CC(C)(O)CN1CCN(Cc2nc(Cl)ccc2Cl)CC1. The van der Waals surface area contributed by atoms with Crippen LogP contribution in [0.3, 0.4) is 0 Å². The molecule has 20 heavy (non-hydrogen) atoms. The van der Waals surface area contributed by atoms with Gasteiger partial charge in [0.1, 0.15) is 5.15 Å². The van der Waals surface area contributed by atoms with Crippen molar-refractivity contribution in [3.8, 4) is 0 Å². The summed E-state index contributed by atoms with van der Waals surface area (Å²) >= 11 is 12.0. The van der Waals surface area contributed by atoms with E-state index in [9.17, 15) is 5.11 Å². The van der Waals surface area contributed by atoms with Crippen LogP contribution in [0.15, 0.2) is 12.1 Å². The number of aliphatic hydroxyl groups is 1. The molecular formula is C14H21Cl2N3O. The van der Waals surface area contributed by atoms with Crippen molar-refractivity contribution >= 4 is 23.2 Å². The number of rotatable bonds is 4. The van der Waals surface area contributed by atoms with E-state index < -0.39 is 5.60 Å². The second-order valence-corrected chi connectivity index (χ2v) is 6.72. The Morgan fingerprint density at radius 1 is 1.15 bits per heavy atom. The number of hydrogen-bond acceptors (Lipinski definition) is 4. The minimum atomic E-state index is -0.639. The molecule has 0 atom stereocenters. The van der Waals surface area contributed by atoms with Gasteiger partial charge in [0, 0.05) is 39.3 Å². The van der Waals surface area contributed by atoms with Crippen LogP contribution in [0.1, 0.15) is 19.5 Å². The van der Waals surface area contributed by atoms with Crippen LogP contribution in [0, 0.1) is 0 Å². The van der Waals surface area contributed by atoms with Gasteiger partial charge in [-0.15, -0.1) is 0 Å². The molecule has 1 fully saturated rings. The monoisotopic (exact) mass is 317 g/mol. The minimum absolute atomic E-state index is 0.477. The number of pyridine rings is 1. The zero-order valence-corrected chi connectivity index (χ0v) is 13.5. The van der Waals surface area contributed by atoms with Gasteiger partial charge < -0.3 is 5.11 Å². The Hall–Kier alpha value is -0.390. The van der Waals surface area contributed by atoms with Gasteiger partial charge in [-0.25, -0.2) is 4.98 Å². The lowest BCUT2D eigenvalue weighted by atomic mass is 10.1. The van der Waals surface area contributed by atoms with E-state index in [1.54, 1.807) is 12.1 Å². The van der Waals surface area contributed by atoms with Crippen molar-refractivity contribution in [3.05, 3.63) is 28.0 Å². The Bertz CT molecular complexity index is 454. The Morgan fingerprint density at radius 2 is 1.75 bits per heavy atom. The summed E-state index contributed by atoms with van der Waals surface area (Å²) in [6.07, 6.45) is 0. The van der Waals surface area contributed by atoms with Gasteiger partial charge >= 0.3 is 0 Å². The van der Waals surface area contributed by atoms with Crippen LogP contribution in [-0.4, -0.2) is 58.2 Å². The Labute approximate surface area is 130 Å². The molecule has 0 amide bonds. The first kappa shape index (κ1) is 16.0. The average molecular weight is 318 g/mol. The highest BCUT2D eigenvalue weighted by Crippen LogP contribution is 2.19. The van der Waals surface area contributed by atoms with Gasteiger partial charge in [-0.2, -0.15) is 0 Å². The maximum absolute atomic E-state index is 9.84. The largest absolute Gasteiger partial charge is 0.389 e. The predicted octanol–water partition coefficient (Wildman–Crippen LogP) is 2.28. The van der Waals surface area contributed by atoms with Crippen LogP contribution in [0.5, 0.6) is 0 Å². The lowest BCUT2D eigenvalue weighted by Crippen LogP contribution is -2.50. The van der Waals surface area contributed by atoms with Crippen molar-refractivity contribution < 1.29 is 5.11 Å². The molecule has 2 heterocycles. The zero-order chi connectivity index (χ0) is 14.8. The predicted molar refractivity (Wildman–Crippen MR) is 82.3 cm³/mol. The van der Waals surface area contributed by atoms with E-state index >= 15 is 0 Å². The van der Waals surface area contributed by atoms with E-state index in [1.807, 2.05) is 13.8 Å². The number of aromatic nitrogens is 1. The van der Waals surface area contributed by atoms with Crippen molar-refractivity contribution in [3.63, 3.8) is 0 Å². The summed E-state index contributed by atoms with van der Waals surface area (Å²) in [6, 6.07) is 3.49. The molecule has 0 aromatic carbocycles. The lowest BCUT2D eigenvalue weighted by molar-refractivity contribution is 0.0165. The standard InChI is InChI=1S/C14H21Cl2N3O/c1-14(2,20)10-19-7-5-18(6-8-19)9-12-11(15)3-4-13(16)17-12/h3-4,20H,5-10H2,1-2H3. The highest BCUT2D eigenvalue weighted by Gasteiger charge is 2.23. The van der Waals surface area contributed by atoms with E-state index in [-0.39, 0.29) is 0 Å². The second kappa shape index (κ2) is 6.58. The van der Waals surface area contributed by atoms with E-state index in [0.29, 0.717) is 16.7 Å². The van der Waals surface area contributed by atoms with Gasteiger partial charge in [0.05, 0.1) is 16.3 Å². The third kappa shape index (κ3) is 4.86. The molecule has 112 valence electrons. The number of β-amino-alcohol motifs (C(OH)–C–C–N with tert-alkyl or cyclic N) is 1. The van der Waals surface area contributed by atoms with E-state index in [2.05, 4.69) is 14.8 Å².